The zero-order valence-corrected chi connectivity index (χ0v) is 10.3. The van der Waals surface area contributed by atoms with Gasteiger partial charge in [0.05, 0.1) is 5.52 Å². The minimum absolute atomic E-state index is 0.872. The molecule has 0 spiro atoms. The highest BCUT2D eigenvalue weighted by molar-refractivity contribution is 9.10. The fourth-order valence-electron chi connectivity index (χ4n) is 2.58. The first-order valence-electron chi connectivity index (χ1n) is 5.25. The molecule has 2 N–H and O–H groups in total. The fourth-order valence-corrected chi connectivity index (χ4v) is 3.10. The number of aryl methyl sites for hydroxylation is 2. The zero-order chi connectivity index (χ0) is 10.6. The summed E-state index contributed by atoms with van der Waals surface area (Å²) in [6, 6.07) is 4.18. The van der Waals surface area contributed by atoms with Crippen molar-refractivity contribution in [2.24, 2.45) is 0 Å². The number of hydrogen-bond donors (Lipinski definition) is 1. The minimum atomic E-state index is 0.872. The number of halogens is 1. The number of rotatable bonds is 0. The molecule has 0 bridgehead atoms. The predicted molar refractivity (Wildman–Crippen MR) is 67.1 cm³/mol. The molecule has 0 aliphatic carbocycles. The second-order valence-electron chi connectivity index (χ2n) is 4.23. The lowest BCUT2D eigenvalue weighted by molar-refractivity contribution is 0.622. The largest absolute Gasteiger partial charge is 0.399 e. The molecule has 0 saturated heterocycles. The molecule has 1 aliphatic heterocycles. The number of nitrogens with two attached hydrogens (primary N) is 1. The fraction of sp³-hybridized carbons (Fsp3) is 0.333. The molecule has 3 heteroatoms. The molecule has 3 rings (SSSR count). The summed E-state index contributed by atoms with van der Waals surface area (Å²) in [5.41, 5.74) is 10.9. The summed E-state index contributed by atoms with van der Waals surface area (Å²) >= 11 is 3.66. The number of hydrogen-bond acceptors (Lipinski definition) is 1. The van der Waals surface area contributed by atoms with E-state index >= 15 is 0 Å². The van der Waals surface area contributed by atoms with E-state index < -0.39 is 0 Å². The molecule has 0 atom stereocenters. The number of aromatic nitrogens is 1. The molecule has 1 aromatic carbocycles. The zero-order valence-electron chi connectivity index (χ0n) is 8.68. The van der Waals surface area contributed by atoms with Crippen LogP contribution in [0.15, 0.2) is 16.6 Å². The van der Waals surface area contributed by atoms with Crippen LogP contribution in [-0.4, -0.2) is 4.57 Å². The van der Waals surface area contributed by atoms with Crippen LogP contribution in [0.25, 0.3) is 10.9 Å². The van der Waals surface area contributed by atoms with E-state index in [0.717, 1.165) is 18.7 Å². The number of nitrogen functional groups attached to an aromatic ring is 1. The molecular weight excluding hydrogens is 252 g/mol. The molecule has 1 aliphatic rings. The van der Waals surface area contributed by atoms with Gasteiger partial charge in [0.1, 0.15) is 0 Å². The molecular formula is C12H13BrN2. The van der Waals surface area contributed by atoms with Crippen LogP contribution in [0, 0.1) is 6.92 Å². The van der Waals surface area contributed by atoms with Crippen molar-refractivity contribution in [1.29, 1.82) is 0 Å². The predicted octanol–water partition coefficient (Wildman–Crippen LogP) is 3.24. The van der Waals surface area contributed by atoms with Crippen molar-refractivity contribution in [3.63, 3.8) is 0 Å². The van der Waals surface area contributed by atoms with Gasteiger partial charge in [0.2, 0.25) is 0 Å². The summed E-state index contributed by atoms with van der Waals surface area (Å²) < 4.78 is 3.60. The van der Waals surface area contributed by atoms with Crippen LogP contribution in [-0.2, 0) is 13.0 Å². The van der Waals surface area contributed by atoms with Gasteiger partial charge >= 0.3 is 0 Å². The van der Waals surface area contributed by atoms with Crippen molar-refractivity contribution < 1.29 is 0 Å². The van der Waals surface area contributed by atoms with Gasteiger partial charge in [0.25, 0.3) is 0 Å². The molecule has 78 valence electrons. The van der Waals surface area contributed by atoms with Gasteiger partial charge in [0.15, 0.2) is 0 Å². The molecule has 2 aromatic rings. The monoisotopic (exact) mass is 264 g/mol. The third-order valence-corrected chi connectivity index (χ3v) is 4.27. The Morgan fingerprint density at radius 2 is 2.20 bits per heavy atom. The molecule has 0 radical (unpaired) electrons. The van der Waals surface area contributed by atoms with Crippen LogP contribution in [0.2, 0.25) is 0 Å². The standard InChI is InChI=1S/C12H13BrN2/c1-7-11(13)10-6-9(14)5-8-3-2-4-15(7)12(8)10/h5-6H,2-4,14H2,1H3. The summed E-state index contributed by atoms with van der Waals surface area (Å²) in [7, 11) is 0. The number of nitrogens with zero attached hydrogens (tertiary/aromatic N) is 1. The molecule has 0 amide bonds. The summed E-state index contributed by atoms with van der Waals surface area (Å²) in [4.78, 5) is 0. The smallest absolute Gasteiger partial charge is 0.0528 e. The highest BCUT2D eigenvalue weighted by atomic mass is 79.9. The quantitative estimate of drug-likeness (QED) is 0.728. The topological polar surface area (TPSA) is 30.9 Å². The van der Waals surface area contributed by atoms with Gasteiger partial charge < -0.3 is 10.3 Å². The lowest BCUT2D eigenvalue weighted by Crippen LogP contribution is -2.08. The third-order valence-electron chi connectivity index (χ3n) is 3.27. The van der Waals surface area contributed by atoms with E-state index in [4.69, 9.17) is 5.73 Å². The highest BCUT2D eigenvalue weighted by Crippen LogP contribution is 2.37. The van der Waals surface area contributed by atoms with Crippen LogP contribution >= 0.6 is 15.9 Å². The van der Waals surface area contributed by atoms with Crippen LogP contribution < -0.4 is 5.73 Å². The first kappa shape index (κ1) is 9.28. The Hall–Kier alpha value is -0.960. The lowest BCUT2D eigenvalue weighted by Gasteiger charge is -2.17. The Labute approximate surface area is 97.2 Å². The molecule has 0 fully saturated rings. The van der Waals surface area contributed by atoms with Gasteiger partial charge in [0, 0.05) is 27.8 Å². The molecule has 2 nitrogen and oxygen atoms in total. The van der Waals surface area contributed by atoms with Crippen molar-refractivity contribution >= 4 is 32.5 Å². The van der Waals surface area contributed by atoms with Crippen LogP contribution in [0.5, 0.6) is 0 Å². The van der Waals surface area contributed by atoms with Gasteiger partial charge in [-0.05, 0) is 53.4 Å². The van der Waals surface area contributed by atoms with Gasteiger partial charge in [-0.2, -0.15) is 0 Å². The molecule has 0 saturated carbocycles. The van der Waals surface area contributed by atoms with E-state index in [-0.39, 0.29) is 0 Å². The summed E-state index contributed by atoms with van der Waals surface area (Å²) in [5.74, 6) is 0. The third kappa shape index (κ3) is 1.16. The van der Waals surface area contributed by atoms with E-state index in [1.165, 1.54) is 33.1 Å². The van der Waals surface area contributed by atoms with Gasteiger partial charge in [-0.3, -0.25) is 0 Å². The second kappa shape index (κ2) is 3.01. The van der Waals surface area contributed by atoms with Crippen molar-refractivity contribution in [3.05, 3.63) is 27.9 Å². The highest BCUT2D eigenvalue weighted by Gasteiger charge is 2.18. The molecule has 0 unspecified atom stereocenters. The van der Waals surface area contributed by atoms with Gasteiger partial charge in [-0.1, -0.05) is 0 Å². The first-order valence-corrected chi connectivity index (χ1v) is 6.04. The van der Waals surface area contributed by atoms with E-state index in [1.807, 2.05) is 0 Å². The van der Waals surface area contributed by atoms with Crippen molar-refractivity contribution in [1.82, 2.24) is 4.57 Å². The van der Waals surface area contributed by atoms with E-state index in [2.05, 4.69) is 39.6 Å². The average Bonchev–Trinajstić information content (AvgIpc) is 2.46. The molecule has 1 aromatic heterocycles. The van der Waals surface area contributed by atoms with E-state index in [0.29, 0.717) is 0 Å². The Morgan fingerprint density at radius 3 is 3.00 bits per heavy atom. The van der Waals surface area contributed by atoms with E-state index in [1.54, 1.807) is 0 Å². The number of benzene rings is 1. The normalized spacial score (nSPS) is 14.8. The Balaban J connectivity index is 2.53. The second-order valence-corrected chi connectivity index (χ2v) is 5.02. The lowest BCUT2D eigenvalue weighted by atomic mass is 10.0. The Morgan fingerprint density at radius 1 is 1.40 bits per heavy atom. The first-order chi connectivity index (χ1) is 7.18. The van der Waals surface area contributed by atoms with Crippen molar-refractivity contribution in [3.8, 4) is 0 Å². The van der Waals surface area contributed by atoms with Gasteiger partial charge in [-0.15, -0.1) is 0 Å². The maximum atomic E-state index is 5.92. The maximum Gasteiger partial charge on any atom is 0.0528 e. The number of anilines is 1. The van der Waals surface area contributed by atoms with Crippen molar-refractivity contribution in [2.45, 2.75) is 26.3 Å². The van der Waals surface area contributed by atoms with Crippen molar-refractivity contribution in [2.75, 3.05) is 5.73 Å². The molecule has 15 heavy (non-hydrogen) atoms. The van der Waals surface area contributed by atoms with Crippen LogP contribution in [0.1, 0.15) is 17.7 Å². The Bertz CT molecular complexity index is 554. The van der Waals surface area contributed by atoms with Gasteiger partial charge in [-0.25, -0.2) is 0 Å². The SMILES string of the molecule is Cc1c(Br)c2cc(N)cc3c2n1CCC3. The maximum absolute atomic E-state index is 5.92. The van der Waals surface area contributed by atoms with Crippen LogP contribution in [0.3, 0.4) is 0 Å². The summed E-state index contributed by atoms with van der Waals surface area (Å²) in [6.07, 6.45) is 2.37. The van der Waals surface area contributed by atoms with Crippen LogP contribution in [0.4, 0.5) is 5.69 Å². The molecule has 2 heterocycles. The summed E-state index contributed by atoms with van der Waals surface area (Å²) in [5, 5.41) is 1.27. The summed E-state index contributed by atoms with van der Waals surface area (Å²) in [6.45, 7) is 3.29. The van der Waals surface area contributed by atoms with E-state index in [9.17, 15) is 0 Å². The average molecular weight is 265 g/mol. The Kier molecular flexibility index (Phi) is 1.87. The minimum Gasteiger partial charge on any atom is -0.399 e.